The van der Waals surface area contributed by atoms with Gasteiger partial charge in [-0.1, -0.05) is 26.0 Å². The zero-order valence-electron chi connectivity index (χ0n) is 14.4. The summed E-state index contributed by atoms with van der Waals surface area (Å²) in [6.45, 7) is 8.23. The molecule has 1 amide bonds. The number of aromatic nitrogens is 2. The molecular formula is C17H23N5OS. The van der Waals surface area contributed by atoms with Gasteiger partial charge in [0.25, 0.3) is 5.91 Å². The van der Waals surface area contributed by atoms with Crippen LogP contribution in [0, 0.1) is 13.8 Å². The van der Waals surface area contributed by atoms with E-state index in [1.807, 2.05) is 32.0 Å². The van der Waals surface area contributed by atoms with Crippen molar-refractivity contribution in [1.29, 1.82) is 0 Å². The second-order valence-corrected chi connectivity index (χ2v) is 6.40. The molecule has 0 unspecified atom stereocenters. The van der Waals surface area contributed by atoms with Gasteiger partial charge in [0.1, 0.15) is 6.54 Å². The molecule has 7 heteroatoms. The number of thiocarbonyl (C=S) groups is 1. The van der Waals surface area contributed by atoms with Crippen LogP contribution in [0.2, 0.25) is 0 Å². The third kappa shape index (κ3) is 5.06. The van der Waals surface area contributed by atoms with Crippen molar-refractivity contribution in [3.63, 3.8) is 0 Å². The van der Waals surface area contributed by atoms with Crippen LogP contribution in [0.4, 0.5) is 5.69 Å². The van der Waals surface area contributed by atoms with Gasteiger partial charge in [0.05, 0.1) is 5.69 Å². The van der Waals surface area contributed by atoms with E-state index >= 15 is 0 Å². The highest BCUT2D eigenvalue weighted by Gasteiger charge is 2.07. The summed E-state index contributed by atoms with van der Waals surface area (Å²) >= 11 is 5.17. The molecule has 1 aromatic heterocycles. The number of carbonyl (C=O) groups excluding carboxylic acids is 1. The minimum Gasteiger partial charge on any atom is -0.331 e. The van der Waals surface area contributed by atoms with E-state index in [1.54, 1.807) is 4.68 Å². The van der Waals surface area contributed by atoms with Gasteiger partial charge in [0.2, 0.25) is 0 Å². The van der Waals surface area contributed by atoms with Crippen LogP contribution in [0.5, 0.6) is 0 Å². The van der Waals surface area contributed by atoms with Crippen LogP contribution in [0.25, 0.3) is 0 Å². The monoisotopic (exact) mass is 345 g/mol. The Morgan fingerprint density at radius 2 is 1.88 bits per heavy atom. The molecule has 0 radical (unpaired) electrons. The fraction of sp³-hybridized carbons (Fsp3) is 0.353. The van der Waals surface area contributed by atoms with E-state index in [0.29, 0.717) is 11.0 Å². The molecule has 0 aliphatic carbocycles. The molecule has 0 saturated heterocycles. The Hall–Kier alpha value is -2.41. The second-order valence-electron chi connectivity index (χ2n) is 5.99. The van der Waals surface area contributed by atoms with Crippen molar-refractivity contribution < 1.29 is 4.79 Å². The first-order valence-electron chi connectivity index (χ1n) is 7.82. The van der Waals surface area contributed by atoms with Crippen LogP contribution in [0.1, 0.15) is 36.7 Å². The largest absolute Gasteiger partial charge is 0.331 e. The van der Waals surface area contributed by atoms with E-state index < -0.39 is 0 Å². The average molecular weight is 345 g/mol. The molecular weight excluding hydrogens is 322 g/mol. The molecule has 2 aromatic rings. The van der Waals surface area contributed by atoms with Gasteiger partial charge in [0.15, 0.2) is 5.11 Å². The number of amides is 1. The maximum atomic E-state index is 11.9. The topological polar surface area (TPSA) is 71.0 Å². The lowest BCUT2D eigenvalue weighted by molar-refractivity contribution is -0.122. The van der Waals surface area contributed by atoms with Crippen molar-refractivity contribution in [2.45, 2.75) is 40.2 Å². The molecule has 1 heterocycles. The van der Waals surface area contributed by atoms with E-state index in [-0.39, 0.29) is 12.5 Å². The van der Waals surface area contributed by atoms with Crippen molar-refractivity contribution in [2.24, 2.45) is 0 Å². The van der Waals surface area contributed by atoms with Crippen molar-refractivity contribution in [2.75, 3.05) is 5.32 Å². The summed E-state index contributed by atoms with van der Waals surface area (Å²) in [5, 5.41) is 7.60. The molecule has 0 spiro atoms. The number of hydrogen-bond donors (Lipinski definition) is 3. The normalized spacial score (nSPS) is 10.5. The Labute approximate surface area is 147 Å². The van der Waals surface area contributed by atoms with Gasteiger partial charge in [-0.3, -0.25) is 20.3 Å². The zero-order valence-corrected chi connectivity index (χ0v) is 15.2. The van der Waals surface area contributed by atoms with Gasteiger partial charge in [-0.05, 0) is 55.7 Å². The highest BCUT2D eigenvalue weighted by atomic mass is 32.1. The zero-order chi connectivity index (χ0) is 17.7. The Morgan fingerprint density at radius 3 is 2.42 bits per heavy atom. The van der Waals surface area contributed by atoms with Crippen molar-refractivity contribution >= 4 is 28.9 Å². The van der Waals surface area contributed by atoms with Crippen LogP contribution in [-0.2, 0) is 11.3 Å². The third-order valence-electron chi connectivity index (χ3n) is 3.55. The first-order valence-corrected chi connectivity index (χ1v) is 8.23. The smallest absolute Gasteiger partial charge is 0.260 e. The van der Waals surface area contributed by atoms with Crippen LogP contribution < -0.4 is 16.2 Å². The predicted molar refractivity (Wildman–Crippen MR) is 99.7 cm³/mol. The fourth-order valence-electron chi connectivity index (χ4n) is 2.25. The molecule has 0 saturated carbocycles. The minimum atomic E-state index is -0.222. The quantitative estimate of drug-likeness (QED) is 0.587. The second kappa shape index (κ2) is 7.92. The lowest BCUT2D eigenvalue weighted by atomic mass is 10.0. The van der Waals surface area contributed by atoms with E-state index in [4.69, 9.17) is 12.2 Å². The Bertz CT molecular complexity index is 721. The van der Waals surface area contributed by atoms with Gasteiger partial charge in [-0.25, -0.2) is 0 Å². The van der Waals surface area contributed by atoms with Crippen LogP contribution >= 0.6 is 12.2 Å². The molecule has 2 rings (SSSR count). The van der Waals surface area contributed by atoms with Gasteiger partial charge >= 0.3 is 0 Å². The van der Waals surface area contributed by atoms with Gasteiger partial charge in [-0.15, -0.1) is 0 Å². The number of hydrazine groups is 1. The molecule has 128 valence electrons. The molecule has 6 nitrogen and oxygen atoms in total. The van der Waals surface area contributed by atoms with Gasteiger partial charge in [0, 0.05) is 11.4 Å². The number of rotatable bonds is 4. The summed E-state index contributed by atoms with van der Waals surface area (Å²) in [7, 11) is 0. The van der Waals surface area contributed by atoms with Crippen LogP contribution in [-0.4, -0.2) is 20.8 Å². The Kier molecular flexibility index (Phi) is 5.92. The fourth-order valence-corrected chi connectivity index (χ4v) is 2.42. The van der Waals surface area contributed by atoms with E-state index in [0.717, 1.165) is 17.1 Å². The lowest BCUT2D eigenvalue weighted by Gasteiger charge is -2.13. The number of anilines is 1. The molecule has 1 aromatic carbocycles. The molecule has 24 heavy (non-hydrogen) atoms. The van der Waals surface area contributed by atoms with Gasteiger partial charge < -0.3 is 5.32 Å². The summed E-state index contributed by atoms with van der Waals surface area (Å²) in [6, 6.07) is 9.95. The van der Waals surface area contributed by atoms with E-state index in [9.17, 15) is 4.79 Å². The maximum Gasteiger partial charge on any atom is 0.260 e. The maximum absolute atomic E-state index is 11.9. The average Bonchev–Trinajstić information content (AvgIpc) is 2.83. The first-order chi connectivity index (χ1) is 11.3. The summed E-state index contributed by atoms with van der Waals surface area (Å²) < 4.78 is 1.65. The first kappa shape index (κ1) is 17.9. The van der Waals surface area contributed by atoms with Crippen LogP contribution in [0.3, 0.4) is 0 Å². The predicted octanol–water partition coefficient (Wildman–Crippen LogP) is 2.64. The molecule has 0 atom stereocenters. The molecule has 3 N–H and O–H groups in total. The third-order valence-corrected chi connectivity index (χ3v) is 3.75. The molecule has 0 aliphatic rings. The molecule has 0 fully saturated rings. The lowest BCUT2D eigenvalue weighted by Crippen LogP contribution is -2.45. The molecule has 0 bridgehead atoms. The summed E-state index contributed by atoms with van der Waals surface area (Å²) in [4.78, 5) is 11.9. The Balaban J connectivity index is 1.80. The summed E-state index contributed by atoms with van der Waals surface area (Å²) in [5.74, 6) is 0.262. The number of carbonyl (C=O) groups is 1. The number of hydrogen-bond acceptors (Lipinski definition) is 3. The van der Waals surface area contributed by atoms with E-state index in [1.165, 1.54) is 5.56 Å². The minimum absolute atomic E-state index is 0.137. The Morgan fingerprint density at radius 1 is 1.21 bits per heavy atom. The number of benzene rings is 1. The number of nitrogens with zero attached hydrogens (tertiary/aromatic N) is 2. The number of nitrogens with one attached hydrogen (secondary N) is 3. The highest BCUT2D eigenvalue weighted by Crippen LogP contribution is 2.16. The summed E-state index contributed by atoms with van der Waals surface area (Å²) in [5.41, 5.74) is 9.21. The van der Waals surface area contributed by atoms with Crippen LogP contribution in [0.15, 0.2) is 30.3 Å². The van der Waals surface area contributed by atoms with Crippen molar-refractivity contribution in [3.8, 4) is 0 Å². The van der Waals surface area contributed by atoms with Gasteiger partial charge in [-0.2, -0.15) is 5.10 Å². The standard InChI is InChI=1S/C17H23N5OS/c1-11(2)14-5-7-15(8-6-14)18-17(24)20-19-16(23)10-22-13(4)9-12(3)21-22/h5-9,11H,10H2,1-4H3,(H,19,23)(H2,18,20,24). The SMILES string of the molecule is Cc1cc(C)n(CC(=O)NNC(=S)Nc2ccc(C(C)C)cc2)n1. The summed E-state index contributed by atoms with van der Waals surface area (Å²) in [6.07, 6.45) is 0. The van der Waals surface area contributed by atoms with E-state index in [2.05, 4.69) is 47.2 Å². The number of aryl methyl sites for hydroxylation is 2. The molecule has 0 aliphatic heterocycles. The van der Waals surface area contributed by atoms with Crippen molar-refractivity contribution in [1.82, 2.24) is 20.6 Å². The van der Waals surface area contributed by atoms with Crippen molar-refractivity contribution in [3.05, 3.63) is 47.3 Å². The highest BCUT2D eigenvalue weighted by molar-refractivity contribution is 7.80.